The molecule has 148 valence electrons. The van der Waals surface area contributed by atoms with Crippen molar-refractivity contribution in [1.82, 2.24) is 9.80 Å². The minimum Gasteiger partial charge on any atom is -0.337 e. The minimum atomic E-state index is 0.177. The smallest absolute Gasteiger partial charge is 0.223 e. The summed E-state index contributed by atoms with van der Waals surface area (Å²) in [5.74, 6) is 1.20. The molecule has 1 aliphatic carbocycles. The van der Waals surface area contributed by atoms with Crippen LogP contribution in [0.25, 0.3) is 0 Å². The summed E-state index contributed by atoms with van der Waals surface area (Å²) in [4.78, 5) is 17.7. The molecule has 1 spiro atoms. The van der Waals surface area contributed by atoms with Gasteiger partial charge in [-0.3, -0.25) is 4.79 Å². The summed E-state index contributed by atoms with van der Waals surface area (Å²) < 4.78 is 0. The molecule has 3 aliphatic rings. The molecule has 0 unspecified atom stereocenters. The maximum atomic E-state index is 12.7. The molecule has 3 heteroatoms. The summed E-state index contributed by atoms with van der Waals surface area (Å²) in [7, 11) is 0. The molecule has 2 aliphatic heterocycles. The van der Waals surface area contributed by atoms with E-state index in [0.29, 0.717) is 5.91 Å². The first-order valence-corrected chi connectivity index (χ1v) is 11.3. The molecule has 0 radical (unpaired) electrons. The number of amides is 1. The zero-order valence-electron chi connectivity index (χ0n) is 16.9. The van der Waals surface area contributed by atoms with Crippen molar-refractivity contribution >= 4 is 5.91 Å². The highest BCUT2D eigenvalue weighted by Gasteiger charge is 2.46. The molecule has 1 saturated carbocycles. The average molecular weight is 369 g/mol. The van der Waals surface area contributed by atoms with Gasteiger partial charge in [0, 0.05) is 31.6 Å². The molecular weight excluding hydrogens is 332 g/mol. The Balaban J connectivity index is 1.35. The van der Waals surface area contributed by atoms with Crippen LogP contribution in [0.15, 0.2) is 30.3 Å². The van der Waals surface area contributed by atoms with Crippen molar-refractivity contribution in [2.75, 3.05) is 26.2 Å². The number of hydrogen-bond acceptors (Lipinski definition) is 2. The maximum absolute atomic E-state index is 12.7. The molecule has 4 rings (SSSR count). The summed E-state index contributed by atoms with van der Waals surface area (Å²) in [6.07, 6.45) is 13.5. The van der Waals surface area contributed by atoms with Gasteiger partial charge in [0.2, 0.25) is 5.91 Å². The van der Waals surface area contributed by atoms with Crippen LogP contribution >= 0.6 is 0 Å². The predicted molar refractivity (Wildman–Crippen MR) is 111 cm³/mol. The molecule has 0 aromatic heterocycles. The highest BCUT2D eigenvalue weighted by molar-refractivity contribution is 5.79. The van der Waals surface area contributed by atoms with E-state index in [-0.39, 0.29) is 5.54 Å². The lowest BCUT2D eigenvalue weighted by Crippen LogP contribution is -2.48. The van der Waals surface area contributed by atoms with Gasteiger partial charge in [-0.15, -0.1) is 0 Å². The molecule has 0 bridgehead atoms. The summed E-state index contributed by atoms with van der Waals surface area (Å²) in [6.45, 7) is 4.54. The Morgan fingerprint density at radius 1 is 0.926 bits per heavy atom. The summed E-state index contributed by atoms with van der Waals surface area (Å²) in [6, 6.07) is 10.8. The van der Waals surface area contributed by atoms with E-state index in [2.05, 4.69) is 40.1 Å². The van der Waals surface area contributed by atoms with Crippen molar-refractivity contribution in [3.8, 4) is 0 Å². The number of likely N-dealkylation sites (tertiary alicyclic amines) is 2. The van der Waals surface area contributed by atoms with Crippen LogP contribution in [0.1, 0.15) is 69.8 Å². The molecule has 2 heterocycles. The van der Waals surface area contributed by atoms with E-state index in [1.54, 1.807) is 0 Å². The Morgan fingerprint density at radius 2 is 1.74 bits per heavy atom. The van der Waals surface area contributed by atoms with Gasteiger partial charge in [-0.05, 0) is 63.0 Å². The van der Waals surface area contributed by atoms with Crippen molar-refractivity contribution < 1.29 is 4.79 Å². The van der Waals surface area contributed by atoms with Crippen LogP contribution in [0.2, 0.25) is 0 Å². The Morgan fingerprint density at radius 3 is 2.56 bits per heavy atom. The van der Waals surface area contributed by atoms with Crippen molar-refractivity contribution in [1.29, 1.82) is 0 Å². The van der Waals surface area contributed by atoms with E-state index in [1.165, 1.54) is 63.5 Å². The lowest BCUT2D eigenvalue weighted by atomic mass is 9.84. The van der Waals surface area contributed by atoms with E-state index >= 15 is 0 Å². The maximum Gasteiger partial charge on any atom is 0.223 e. The summed E-state index contributed by atoms with van der Waals surface area (Å²) in [5, 5.41) is 0. The van der Waals surface area contributed by atoms with Crippen LogP contribution in [0, 0.1) is 5.92 Å². The van der Waals surface area contributed by atoms with Crippen molar-refractivity contribution in [3.63, 3.8) is 0 Å². The summed E-state index contributed by atoms with van der Waals surface area (Å²) >= 11 is 0. The molecule has 1 aromatic rings. The highest BCUT2D eigenvalue weighted by Crippen LogP contribution is 2.40. The van der Waals surface area contributed by atoms with Gasteiger partial charge in [-0.25, -0.2) is 0 Å². The SMILES string of the molecule is O=C1CC[C@@]2(CCCN(CCc3ccccc3)CC2)N1CC1CCCCC1. The second-order valence-electron chi connectivity index (χ2n) is 9.16. The zero-order chi connectivity index (χ0) is 18.5. The van der Waals surface area contributed by atoms with Crippen LogP contribution in [0.3, 0.4) is 0 Å². The van der Waals surface area contributed by atoms with Crippen LogP contribution in [0.4, 0.5) is 0 Å². The third kappa shape index (κ3) is 4.56. The second-order valence-corrected chi connectivity index (χ2v) is 9.16. The third-order valence-corrected chi connectivity index (χ3v) is 7.41. The first-order valence-electron chi connectivity index (χ1n) is 11.3. The normalized spacial score (nSPS) is 28.0. The van der Waals surface area contributed by atoms with Gasteiger partial charge in [0.1, 0.15) is 0 Å². The lowest BCUT2D eigenvalue weighted by Gasteiger charge is -2.41. The first kappa shape index (κ1) is 19.0. The van der Waals surface area contributed by atoms with Gasteiger partial charge >= 0.3 is 0 Å². The average Bonchev–Trinajstić information content (AvgIpc) is 2.89. The fourth-order valence-electron chi connectivity index (χ4n) is 5.71. The monoisotopic (exact) mass is 368 g/mol. The molecule has 1 amide bonds. The van der Waals surface area contributed by atoms with E-state index in [9.17, 15) is 4.79 Å². The largest absolute Gasteiger partial charge is 0.337 e. The quantitative estimate of drug-likeness (QED) is 0.755. The van der Waals surface area contributed by atoms with Crippen LogP contribution in [-0.2, 0) is 11.2 Å². The Labute approximate surface area is 165 Å². The second kappa shape index (κ2) is 8.77. The fraction of sp³-hybridized carbons (Fsp3) is 0.708. The fourth-order valence-corrected chi connectivity index (χ4v) is 5.71. The standard InChI is InChI=1S/C24H36N2O/c27-23-12-15-24(26(23)20-22-10-5-2-6-11-22)14-7-17-25(19-16-24)18-13-21-8-3-1-4-9-21/h1,3-4,8-9,22H,2,5-7,10-20H2/t24-/m1/s1. The Hall–Kier alpha value is -1.35. The third-order valence-electron chi connectivity index (χ3n) is 7.41. The van der Waals surface area contributed by atoms with Crippen molar-refractivity contribution in [2.45, 2.75) is 76.2 Å². The molecule has 2 saturated heterocycles. The van der Waals surface area contributed by atoms with E-state index in [4.69, 9.17) is 0 Å². The molecule has 3 fully saturated rings. The van der Waals surface area contributed by atoms with Gasteiger partial charge in [-0.1, -0.05) is 49.6 Å². The van der Waals surface area contributed by atoms with Crippen LogP contribution in [-0.4, -0.2) is 47.4 Å². The van der Waals surface area contributed by atoms with E-state index in [0.717, 1.165) is 44.8 Å². The van der Waals surface area contributed by atoms with Gasteiger partial charge in [0.25, 0.3) is 0 Å². The number of hydrogen-bond donors (Lipinski definition) is 0. The number of rotatable bonds is 5. The zero-order valence-corrected chi connectivity index (χ0v) is 16.9. The van der Waals surface area contributed by atoms with E-state index < -0.39 is 0 Å². The number of carbonyl (C=O) groups is 1. The van der Waals surface area contributed by atoms with Gasteiger partial charge in [-0.2, -0.15) is 0 Å². The van der Waals surface area contributed by atoms with Crippen molar-refractivity contribution in [2.24, 2.45) is 5.92 Å². The van der Waals surface area contributed by atoms with Gasteiger partial charge in [0.15, 0.2) is 0 Å². The number of benzene rings is 1. The molecule has 0 N–H and O–H groups in total. The minimum absolute atomic E-state index is 0.177. The van der Waals surface area contributed by atoms with Crippen LogP contribution in [0.5, 0.6) is 0 Å². The Bertz CT molecular complexity index is 610. The molecular formula is C24H36N2O. The van der Waals surface area contributed by atoms with Gasteiger partial charge in [0.05, 0.1) is 0 Å². The van der Waals surface area contributed by atoms with E-state index in [1.807, 2.05) is 0 Å². The molecule has 1 aromatic carbocycles. The summed E-state index contributed by atoms with van der Waals surface area (Å²) in [5.41, 5.74) is 1.61. The topological polar surface area (TPSA) is 23.6 Å². The molecule has 3 nitrogen and oxygen atoms in total. The number of carbonyl (C=O) groups excluding carboxylic acids is 1. The van der Waals surface area contributed by atoms with Gasteiger partial charge < -0.3 is 9.80 Å². The predicted octanol–water partition coefficient (Wildman–Crippen LogP) is 4.66. The lowest BCUT2D eigenvalue weighted by molar-refractivity contribution is -0.132. The molecule has 27 heavy (non-hydrogen) atoms. The first-order chi connectivity index (χ1) is 13.3. The molecule has 1 atom stereocenters. The number of nitrogens with zero attached hydrogens (tertiary/aromatic N) is 2. The Kier molecular flexibility index (Phi) is 6.17. The highest BCUT2D eigenvalue weighted by atomic mass is 16.2. The van der Waals surface area contributed by atoms with Crippen LogP contribution < -0.4 is 0 Å². The van der Waals surface area contributed by atoms with Crippen molar-refractivity contribution in [3.05, 3.63) is 35.9 Å².